The zero-order valence-corrected chi connectivity index (χ0v) is 17.9. The van der Waals surface area contributed by atoms with Gasteiger partial charge < -0.3 is 19.3 Å². The first-order valence-electron chi connectivity index (χ1n) is 8.91. The highest BCUT2D eigenvalue weighted by Crippen LogP contribution is 2.36. The molecule has 1 aromatic rings. The second-order valence-corrected chi connectivity index (χ2v) is 8.17. The Bertz CT molecular complexity index is 769. The molecule has 2 rings (SSSR count). The van der Waals surface area contributed by atoms with Crippen molar-refractivity contribution in [3.8, 4) is 0 Å². The molecule has 1 saturated heterocycles. The summed E-state index contributed by atoms with van der Waals surface area (Å²) in [5.74, 6) is -0.628. The number of benzene rings is 1. The summed E-state index contributed by atoms with van der Waals surface area (Å²) in [6.45, 7) is 8.50. The van der Waals surface area contributed by atoms with E-state index in [1.54, 1.807) is 37.5 Å². The standard InChI is InChI=1S/C18H24BrN3O6/c1-5-27-16(23)13-10-12(19)11-14(22(25)26)15(13)20-6-8-21(9-7-20)17(24)28-18(2,3)4/h10-11H,5-9H2,1-4H3. The Morgan fingerprint density at radius 1 is 1.21 bits per heavy atom. The van der Waals surface area contributed by atoms with Gasteiger partial charge in [-0.1, -0.05) is 15.9 Å². The predicted molar refractivity (Wildman–Crippen MR) is 107 cm³/mol. The van der Waals surface area contributed by atoms with E-state index < -0.39 is 22.6 Å². The van der Waals surface area contributed by atoms with Gasteiger partial charge in [-0.2, -0.15) is 0 Å². The number of esters is 1. The predicted octanol–water partition coefficient (Wildman–Crippen LogP) is 3.59. The first kappa shape index (κ1) is 21.9. The zero-order valence-electron chi connectivity index (χ0n) is 16.4. The number of hydrogen-bond donors (Lipinski definition) is 0. The van der Waals surface area contributed by atoms with Crippen LogP contribution in [0.1, 0.15) is 38.1 Å². The highest BCUT2D eigenvalue weighted by atomic mass is 79.9. The monoisotopic (exact) mass is 457 g/mol. The summed E-state index contributed by atoms with van der Waals surface area (Å²) >= 11 is 3.22. The van der Waals surface area contributed by atoms with Crippen LogP contribution in [0, 0.1) is 10.1 Å². The van der Waals surface area contributed by atoms with Crippen molar-refractivity contribution in [1.82, 2.24) is 4.90 Å². The van der Waals surface area contributed by atoms with E-state index >= 15 is 0 Å². The molecule has 154 valence electrons. The minimum absolute atomic E-state index is 0.119. The van der Waals surface area contributed by atoms with Crippen molar-refractivity contribution >= 4 is 39.4 Å². The molecule has 0 unspecified atom stereocenters. The van der Waals surface area contributed by atoms with E-state index in [1.165, 1.54) is 12.1 Å². The lowest BCUT2D eigenvalue weighted by atomic mass is 10.1. The molecular formula is C18H24BrN3O6. The summed E-state index contributed by atoms with van der Waals surface area (Å²) in [4.78, 5) is 39.0. The number of piperazine rings is 1. The number of hydrogen-bond acceptors (Lipinski definition) is 7. The molecule has 0 atom stereocenters. The molecule has 0 radical (unpaired) electrons. The van der Waals surface area contributed by atoms with Gasteiger partial charge in [0.05, 0.1) is 17.1 Å². The van der Waals surface area contributed by atoms with E-state index in [9.17, 15) is 19.7 Å². The quantitative estimate of drug-likeness (QED) is 0.386. The number of anilines is 1. The third kappa shape index (κ3) is 5.34. The van der Waals surface area contributed by atoms with Crippen LogP contribution in [0.2, 0.25) is 0 Å². The normalized spacial score (nSPS) is 14.6. The van der Waals surface area contributed by atoms with Gasteiger partial charge in [0, 0.05) is 36.7 Å². The highest BCUT2D eigenvalue weighted by Gasteiger charge is 2.32. The lowest BCUT2D eigenvalue weighted by Crippen LogP contribution is -2.50. The molecule has 1 aliphatic rings. The summed E-state index contributed by atoms with van der Waals surface area (Å²) in [6, 6.07) is 2.87. The minimum Gasteiger partial charge on any atom is -0.462 e. The fourth-order valence-electron chi connectivity index (χ4n) is 2.86. The Morgan fingerprint density at radius 3 is 2.32 bits per heavy atom. The second kappa shape index (κ2) is 8.76. The Morgan fingerprint density at radius 2 is 1.82 bits per heavy atom. The summed E-state index contributed by atoms with van der Waals surface area (Å²) in [5, 5.41) is 11.6. The van der Waals surface area contributed by atoms with Crippen molar-refractivity contribution in [3.63, 3.8) is 0 Å². The molecule has 0 aromatic heterocycles. The molecule has 0 aliphatic carbocycles. The molecule has 9 nitrogen and oxygen atoms in total. The zero-order chi connectivity index (χ0) is 21.1. The molecule has 28 heavy (non-hydrogen) atoms. The van der Waals surface area contributed by atoms with Crippen LogP contribution in [0.25, 0.3) is 0 Å². The molecule has 0 N–H and O–H groups in total. The Kier molecular flexibility index (Phi) is 6.87. The van der Waals surface area contributed by atoms with Gasteiger partial charge in [-0.3, -0.25) is 10.1 Å². The number of nitrogens with zero attached hydrogens (tertiary/aromatic N) is 3. The summed E-state index contributed by atoms with van der Waals surface area (Å²) in [7, 11) is 0. The maximum Gasteiger partial charge on any atom is 0.410 e. The summed E-state index contributed by atoms with van der Waals surface area (Å²) < 4.78 is 10.9. The Labute approximate surface area is 171 Å². The van der Waals surface area contributed by atoms with Crippen molar-refractivity contribution < 1.29 is 24.0 Å². The molecule has 0 saturated carbocycles. The molecule has 0 bridgehead atoms. The second-order valence-electron chi connectivity index (χ2n) is 7.25. The van der Waals surface area contributed by atoms with Crippen LogP contribution in [-0.2, 0) is 9.47 Å². The van der Waals surface area contributed by atoms with E-state index in [-0.39, 0.29) is 23.5 Å². The van der Waals surface area contributed by atoms with Crippen LogP contribution in [-0.4, -0.2) is 60.3 Å². The van der Waals surface area contributed by atoms with E-state index in [1.807, 2.05) is 0 Å². The number of nitro benzene ring substituents is 1. The molecular weight excluding hydrogens is 434 g/mol. The van der Waals surface area contributed by atoms with Crippen LogP contribution in [0.5, 0.6) is 0 Å². The van der Waals surface area contributed by atoms with Gasteiger partial charge >= 0.3 is 12.1 Å². The fraction of sp³-hybridized carbons (Fsp3) is 0.556. The number of nitro groups is 1. The smallest absolute Gasteiger partial charge is 0.410 e. The Balaban J connectivity index is 2.29. The van der Waals surface area contributed by atoms with Gasteiger partial charge in [-0.15, -0.1) is 0 Å². The number of halogens is 1. The number of carbonyl (C=O) groups excluding carboxylic acids is 2. The Hall–Kier alpha value is -2.36. The van der Waals surface area contributed by atoms with E-state index in [4.69, 9.17) is 9.47 Å². The number of carbonyl (C=O) groups is 2. The lowest BCUT2D eigenvalue weighted by molar-refractivity contribution is -0.384. The van der Waals surface area contributed by atoms with Crippen molar-refractivity contribution in [2.24, 2.45) is 0 Å². The van der Waals surface area contributed by atoms with Crippen LogP contribution in [0.3, 0.4) is 0 Å². The highest BCUT2D eigenvalue weighted by molar-refractivity contribution is 9.10. The topological polar surface area (TPSA) is 102 Å². The van der Waals surface area contributed by atoms with Crippen LogP contribution >= 0.6 is 15.9 Å². The first-order valence-corrected chi connectivity index (χ1v) is 9.70. The largest absolute Gasteiger partial charge is 0.462 e. The van der Waals surface area contributed by atoms with Crippen molar-refractivity contribution in [2.75, 3.05) is 37.7 Å². The maximum absolute atomic E-state index is 12.4. The van der Waals surface area contributed by atoms with Gasteiger partial charge in [0.1, 0.15) is 11.3 Å². The molecule has 1 amide bonds. The first-order chi connectivity index (χ1) is 13.0. The van der Waals surface area contributed by atoms with Gasteiger partial charge in [-0.05, 0) is 33.8 Å². The summed E-state index contributed by atoms with van der Waals surface area (Å²) in [5.41, 5.74) is -0.470. The number of amides is 1. The number of rotatable bonds is 4. The third-order valence-corrected chi connectivity index (χ3v) is 4.45. The van der Waals surface area contributed by atoms with Gasteiger partial charge in [0.2, 0.25) is 0 Å². The van der Waals surface area contributed by atoms with Crippen molar-refractivity contribution in [2.45, 2.75) is 33.3 Å². The molecule has 1 aliphatic heterocycles. The van der Waals surface area contributed by atoms with Crippen LogP contribution < -0.4 is 4.90 Å². The molecule has 1 aromatic carbocycles. The SMILES string of the molecule is CCOC(=O)c1cc(Br)cc([N+](=O)[O-])c1N1CCN(C(=O)OC(C)(C)C)CC1. The number of ether oxygens (including phenoxy) is 2. The minimum atomic E-state index is -0.628. The van der Waals surface area contributed by atoms with Crippen LogP contribution in [0.4, 0.5) is 16.2 Å². The maximum atomic E-state index is 12.4. The van der Waals surface area contributed by atoms with Crippen molar-refractivity contribution in [1.29, 1.82) is 0 Å². The lowest BCUT2D eigenvalue weighted by Gasteiger charge is -2.37. The average Bonchev–Trinajstić information content (AvgIpc) is 2.59. The van der Waals surface area contributed by atoms with E-state index in [0.717, 1.165) is 0 Å². The molecule has 1 fully saturated rings. The molecule has 10 heteroatoms. The molecule has 1 heterocycles. The molecule has 0 spiro atoms. The van der Waals surface area contributed by atoms with E-state index in [2.05, 4.69) is 15.9 Å². The third-order valence-electron chi connectivity index (χ3n) is 3.99. The van der Waals surface area contributed by atoms with Gasteiger partial charge in [0.15, 0.2) is 0 Å². The fourth-order valence-corrected chi connectivity index (χ4v) is 3.31. The van der Waals surface area contributed by atoms with E-state index in [0.29, 0.717) is 30.7 Å². The van der Waals surface area contributed by atoms with Gasteiger partial charge in [-0.25, -0.2) is 9.59 Å². The summed E-state index contributed by atoms with van der Waals surface area (Å²) in [6.07, 6.45) is -0.428. The average molecular weight is 458 g/mol. The van der Waals surface area contributed by atoms with Crippen LogP contribution in [0.15, 0.2) is 16.6 Å². The van der Waals surface area contributed by atoms with Gasteiger partial charge in [0.25, 0.3) is 5.69 Å². The van der Waals surface area contributed by atoms with Crippen molar-refractivity contribution in [3.05, 3.63) is 32.3 Å².